The molecule has 0 amide bonds. The van der Waals surface area contributed by atoms with Gasteiger partial charge in [0.05, 0.1) is 0 Å². The van der Waals surface area contributed by atoms with Crippen molar-refractivity contribution in [2.24, 2.45) is 0 Å². The Balaban J connectivity index is 0.000000249. The molecule has 0 radical (unpaired) electrons. The maximum absolute atomic E-state index is 10.3. The Morgan fingerprint density at radius 2 is 1.79 bits per heavy atom. The summed E-state index contributed by atoms with van der Waals surface area (Å²) in [5.41, 5.74) is 0. The Morgan fingerprint density at radius 1 is 1.14 bits per heavy atom. The molecule has 1 heterocycles. The summed E-state index contributed by atoms with van der Waals surface area (Å²) in [6.45, 7) is 3.79. The van der Waals surface area contributed by atoms with Gasteiger partial charge in [-0.2, -0.15) is 0 Å². The molecule has 1 rings (SSSR count). The van der Waals surface area contributed by atoms with Crippen LogP contribution in [0.1, 0.15) is 39.5 Å². The standard InChI is InChI=1S/C7H14O.C5H5N/c1-3-4-5-6-7(2)8;1-2-4-6-5-3-1/h3-6H2,1-2H3;1-5H. The summed E-state index contributed by atoms with van der Waals surface area (Å²) < 4.78 is 0. The highest BCUT2D eigenvalue weighted by Crippen LogP contribution is 1.98. The van der Waals surface area contributed by atoms with Gasteiger partial charge in [-0.3, -0.25) is 4.98 Å². The van der Waals surface area contributed by atoms with Crippen LogP contribution in [0.2, 0.25) is 0 Å². The molecule has 0 atom stereocenters. The lowest BCUT2D eigenvalue weighted by Crippen LogP contribution is -1.87. The van der Waals surface area contributed by atoms with Gasteiger partial charge in [0.15, 0.2) is 0 Å². The second-order valence-corrected chi connectivity index (χ2v) is 3.18. The highest BCUT2D eigenvalue weighted by molar-refractivity contribution is 5.75. The van der Waals surface area contributed by atoms with E-state index in [0.717, 1.165) is 12.8 Å². The Hall–Kier alpha value is -1.18. The fourth-order valence-electron chi connectivity index (χ4n) is 0.937. The van der Waals surface area contributed by atoms with Crippen molar-refractivity contribution in [1.82, 2.24) is 4.98 Å². The molecular formula is C12H19NO. The van der Waals surface area contributed by atoms with E-state index < -0.39 is 0 Å². The Bertz CT molecular complexity index is 194. The summed E-state index contributed by atoms with van der Waals surface area (Å²) in [4.78, 5) is 14.1. The fourth-order valence-corrected chi connectivity index (χ4v) is 0.937. The van der Waals surface area contributed by atoms with Crippen molar-refractivity contribution in [3.63, 3.8) is 0 Å². The van der Waals surface area contributed by atoms with Gasteiger partial charge in [-0.1, -0.05) is 25.8 Å². The van der Waals surface area contributed by atoms with E-state index >= 15 is 0 Å². The number of nitrogens with zero attached hydrogens (tertiary/aromatic N) is 1. The molecule has 0 aliphatic heterocycles. The largest absolute Gasteiger partial charge is 0.300 e. The first kappa shape index (κ1) is 12.8. The highest BCUT2D eigenvalue weighted by Gasteiger charge is 1.89. The van der Waals surface area contributed by atoms with Gasteiger partial charge in [-0.25, -0.2) is 0 Å². The minimum atomic E-state index is 0.318. The Morgan fingerprint density at radius 3 is 2.07 bits per heavy atom. The van der Waals surface area contributed by atoms with Crippen LogP contribution in [0.15, 0.2) is 30.6 Å². The molecular weight excluding hydrogens is 174 g/mol. The van der Waals surface area contributed by atoms with Gasteiger partial charge in [0.25, 0.3) is 0 Å². The first-order chi connectivity index (χ1) is 6.77. The molecule has 0 aromatic carbocycles. The van der Waals surface area contributed by atoms with Crippen LogP contribution in [-0.4, -0.2) is 10.8 Å². The lowest BCUT2D eigenvalue weighted by atomic mass is 10.2. The van der Waals surface area contributed by atoms with Crippen LogP contribution in [0.25, 0.3) is 0 Å². The van der Waals surface area contributed by atoms with Crippen molar-refractivity contribution in [1.29, 1.82) is 0 Å². The van der Waals surface area contributed by atoms with Crippen LogP contribution in [0.5, 0.6) is 0 Å². The summed E-state index contributed by atoms with van der Waals surface area (Å²) in [5.74, 6) is 0.318. The number of ketones is 1. The first-order valence-electron chi connectivity index (χ1n) is 5.11. The van der Waals surface area contributed by atoms with Crippen molar-refractivity contribution in [3.8, 4) is 0 Å². The molecule has 0 fully saturated rings. The third-order valence-corrected chi connectivity index (χ3v) is 1.70. The zero-order valence-electron chi connectivity index (χ0n) is 9.07. The average molecular weight is 193 g/mol. The predicted octanol–water partition coefficient (Wildman–Crippen LogP) is 3.24. The summed E-state index contributed by atoms with van der Waals surface area (Å²) >= 11 is 0. The number of hydrogen-bond acceptors (Lipinski definition) is 2. The zero-order valence-corrected chi connectivity index (χ0v) is 9.07. The molecule has 78 valence electrons. The zero-order chi connectivity index (χ0) is 10.6. The number of pyridine rings is 1. The summed E-state index contributed by atoms with van der Waals surface area (Å²) in [7, 11) is 0. The minimum Gasteiger partial charge on any atom is -0.300 e. The molecule has 0 aliphatic carbocycles. The summed E-state index contributed by atoms with van der Waals surface area (Å²) in [5, 5.41) is 0. The third kappa shape index (κ3) is 10.8. The van der Waals surface area contributed by atoms with Crippen molar-refractivity contribution in [2.75, 3.05) is 0 Å². The molecule has 1 aromatic heterocycles. The van der Waals surface area contributed by atoms with Gasteiger partial charge in [-0.15, -0.1) is 0 Å². The maximum atomic E-state index is 10.3. The van der Waals surface area contributed by atoms with Crippen LogP contribution in [0, 0.1) is 0 Å². The van der Waals surface area contributed by atoms with Crippen LogP contribution in [0.4, 0.5) is 0 Å². The topological polar surface area (TPSA) is 30.0 Å². The van der Waals surface area contributed by atoms with Gasteiger partial charge in [0.2, 0.25) is 0 Å². The van der Waals surface area contributed by atoms with Crippen LogP contribution >= 0.6 is 0 Å². The first-order valence-corrected chi connectivity index (χ1v) is 5.11. The number of carbonyl (C=O) groups is 1. The number of Topliss-reactive ketones (excluding diaryl/α,β-unsaturated/α-hetero) is 1. The van der Waals surface area contributed by atoms with Crippen LogP contribution in [-0.2, 0) is 4.79 Å². The molecule has 14 heavy (non-hydrogen) atoms. The summed E-state index contributed by atoms with van der Waals surface area (Å²) in [6, 6.07) is 5.72. The van der Waals surface area contributed by atoms with E-state index in [1.807, 2.05) is 18.2 Å². The Labute approximate surface area is 86.4 Å². The van der Waals surface area contributed by atoms with Gasteiger partial charge >= 0.3 is 0 Å². The lowest BCUT2D eigenvalue weighted by molar-refractivity contribution is -0.117. The van der Waals surface area contributed by atoms with Crippen molar-refractivity contribution < 1.29 is 4.79 Å². The molecule has 0 aliphatic rings. The van der Waals surface area contributed by atoms with Crippen LogP contribution in [0.3, 0.4) is 0 Å². The number of carbonyl (C=O) groups excluding carboxylic acids is 1. The number of aromatic nitrogens is 1. The highest BCUT2D eigenvalue weighted by atomic mass is 16.1. The molecule has 0 unspecified atom stereocenters. The number of hydrogen-bond donors (Lipinski definition) is 0. The van der Waals surface area contributed by atoms with E-state index in [1.54, 1.807) is 19.3 Å². The maximum Gasteiger partial charge on any atom is 0.129 e. The summed E-state index contributed by atoms with van der Waals surface area (Å²) in [6.07, 6.45) is 7.74. The molecule has 1 aromatic rings. The normalized spacial score (nSPS) is 8.71. The van der Waals surface area contributed by atoms with E-state index in [-0.39, 0.29) is 0 Å². The molecule has 0 spiro atoms. The Kier molecular flexibility index (Phi) is 9.07. The van der Waals surface area contributed by atoms with Crippen LogP contribution < -0.4 is 0 Å². The minimum absolute atomic E-state index is 0.318. The van der Waals surface area contributed by atoms with Crippen molar-refractivity contribution in [2.45, 2.75) is 39.5 Å². The lowest BCUT2D eigenvalue weighted by Gasteiger charge is -1.90. The molecule has 0 bridgehead atoms. The van der Waals surface area contributed by atoms with E-state index in [4.69, 9.17) is 0 Å². The second-order valence-electron chi connectivity index (χ2n) is 3.18. The van der Waals surface area contributed by atoms with E-state index in [2.05, 4.69) is 11.9 Å². The van der Waals surface area contributed by atoms with Gasteiger partial charge in [0, 0.05) is 18.8 Å². The molecule has 0 saturated heterocycles. The molecule has 2 nitrogen and oxygen atoms in total. The number of unbranched alkanes of at least 4 members (excludes halogenated alkanes) is 2. The monoisotopic (exact) mass is 193 g/mol. The van der Waals surface area contributed by atoms with Crippen molar-refractivity contribution in [3.05, 3.63) is 30.6 Å². The molecule has 2 heteroatoms. The van der Waals surface area contributed by atoms with E-state index in [1.165, 1.54) is 12.8 Å². The predicted molar refractivity (Wildman–Crippen MR) is 59.1 cm³/mol. The van der Waals surface area contributed by atoms with Gasteiger partial charge in [0.1, 0.15) is 5.78 Å². The van der Waals surface area contributed by atoms with Gasteiger partial charge in [-0.05, 0) is 25.5 Å². The number of rotatable bonds is 4. The second kappa shape index (κ2) is 9.90. The van der Waals surface area contributed by atoms with Crippen molar-refractivity contribution >= 4 is 5.78 Å². The smallest absolute Gasteiger partial charge is 0.129 e. The SMILES string of the molecule is CCCCCC(C)=O.c1ccncc1. The molecule has 0 saturated carbocycles. The fraction of sp³-hybridized carbons (Fsp3) is 0.500. The van der Waals surface area contributed by atoms with E-state index in [9.17, 15) is 4.79 Å². The average Bonchev–Trinajstić information content (AvgIpc) is 2.21. The third-order valence-electron chi connectivity index (χ3n) is 1.70. The van der Waals surface area contributed by atoms with Gasteiger partial charge < -0.3 is 4.79 Å². The molecule has 0 N–H and O–H groups in total. The van der Waals surface area contributed by atoms with E-state index in [0.29, 0.717) is 5.78 Å². The quantitative estimate of drug-likeness (QED) is 0.687.